The van der Waals surface area contributed by atoms with Crippen LogP contribution in [-0.2, 0) is 0 Å². The highest BCUT2D eigenvalue weighted by atomic mass is 15.0. The molecule has 0 unspecified atom stereocenters. The van der Waals surface area contributed by atoms with E-state index in [1.54, 1.807) is 0 Å². The highest BCUT2D eigenvalue weighted by molar-refractivity contribution is 5.91. The van der Waals surface area contributed by atoms with Gasteiger partial charge in [-0.3, -0.25) is 4.98 Å². The van der Waals surface area contributed by atoms with Gasteiger partial charge in [0.05, 0.1) is 5.52 Å². The molecule has 1 fully saturated rings. The zero-order chi connectivity index (χ0) is 13.3. The topological polar surface area (TPSA) is 50.9 Å². The molecule has 0 saturated heterocycles. The Labute approximate surface area is 114 Å². The van der Waals surface area contributed by atoms with Crippen LogP contribution in [0.1, 0.15) is 31.4 Å². The van der Waals surface area contributed by atoms with E-state index in [1.165, 1.54) is 36.8 Å². The lowest BCUT2D eigenvalue weighted by Crippen LogP contribution is -2.42. The molecule has 0 bridgehead atoms. The Morgan fingerprint density at radius 1 is 1.26 bits per heavy atom. The fourth-order valence-corrected chi connectivity index (χ4v) is 3.13. The fraction of sp³-hybridized carbons (Fsp3) is 0.438. The third kappa shape index (κ3) is 2.30. The van der Waals surface area contributed by atoms with Gasteiger partial charge in [-0.2, -0.15) is 0 Å². The Kier molecular flexibility index (Phi) is 3.15. The van der Waals surface area contributed by atoms with E-state index in [4.69, 9.17) is 5.73 Å². The van der Waals surface area contributed by atoms with Crippen LogP contribution < -0.4 is 11.1 Å². The Hall–Kier alpha value is -1.61. The van der Waals surface area contributed by atoms with Crippen LogP contribution in [0.3, 0.4) is 0 Å². The highest BCUT2D eigenvalue weighted by Gasteiger charge is 2.32. The van der Waals surface area contributed by atoms with E-state index < -0.39 is 0 Å². The zero-order valence-electron chi connectivity index (χ0n) is 11.4. The van der Waals surface area contributed by atoms with Crippen LogP contribution in [0.15, 0.2) is 30.3 Å². The second-order valence-electron chi connectivity index (χ2n) is 5.64. The normalized spacial score (nSPS) is 17.8. The smallest absolute Gasteiger partial charge is 0.0725 e. The first-order valence-corrected chi connectivity index (χ1v) is 7.07. The van der Waals surface area contributed by atoms with Crippen molar-refractivity contribution in [2.45, 2.75) is 38.1 Å². The molecule has 3 nitrogen and oxygen atoms in total. The first-order chi connectivity index (χ1) is 9.22. The lowest BCUT2D eigenvalue weighted by molar-refractivity contribution is 0.494. The van der Waals surface area contributed by atoms with Crippen LogP contribution >= 0.6 is 0 Å². The van der Waals surface area contributed by atoms with Crippen LogP contribution in [0.5, 0.6) is 0 Å². The quantitative estimate of drug-likeness (QED) is 0.885. The lowest BCUT2D eigenvalue weighted by atomic mass is 9.96. The fourth-order valence-electron chi connectivity index (χ4n) is 3.13. The minimum absolute atomic E-state index is 0.0799. The minimum Gasteiger partial charge on any atom is -0.378 e. The molecule has 3 heteroatoms. The second kappa shape index (κ2) is 4.82. The molecule has 0 amide bonds. The van der Waals surface area contributed by atoms with E-state index in [2.05, 4.69) is 34.6 Å². The van der Waals surface area contributed by atoms with Gasteiger partial charge in [0.2, 0.25) is 0 Å². The van der Waals surface area contributed by atoms with E-state index in [-0.39, 0.29) is 5.54 Å². The number of anilines is 1. The van der Waals surface area contributed by atoms with E-state index in [1.807, 2.05) is 13.0 Å². The van der Waals surface area contributed by atoms with Gasteiger partial charge >= 0.3 is 0 Å². The molecule has 1 heterocycles. The average molecular weight is 255 g/mol. The minimum atomic E-state index is 0.0799. The van der Waals surface area contributed by atoms with E-state index in [0.717, 1.165) is 11.2 Å². The van der Waals surface area contributed by atoms with Gasteiger partial charge < -0.3 is 11.1 Å². The maximum absolute atomic E-state index is 6.02. The first-order valence-electron chi connectivity index (χ1n) is 7.07. The summed E-state index contributed by atoms with van der Waals surface area (Å²) in [5.41, 5.74) is 9.38. The number of fused-ring (bicyclic) bond motifs is 1. The number of benzene rings is 1. The van der Waals surface area contributed by atoms with E-state index in [0.29, 0.717) is 6.54 Å². The summed E-state index contributed by atoms with van der Waals surface area (Å²) in [6.45, 7) is 2.74. The molecule has 1 aliphatic rings. The monoisotopic (exact) mass is 255 g/mol. The van der Waals surface area contributed by atoms with Gasteiger partial charge in [0.25, 0.3) is 0 Å². The molecular weight excluding hydrogens is 234 g/mol. The molecule has 0 radical (unpaired) electrons. The summed E-state index contributed by atoms with van der Waals surface area (Å²) in [6, 6.07) is 10.4. The van der Waals surface area contributed by atoms with Crippen LogP contribution in [0.4, 0.5) is 5.69 Å². The predicted molar refractivity (Wildman–Crippen MR) is 80.4 cm³/mol. The van der Waals surface area contributed by atoms with Crippen molar-refractivity contribution in [3.8, 4) is 0 Å². The van der Waals surface area contributed by atoms with Crippen molar-refractivity contribution < 1.29 is 0 Å². The third-order valence-corrected chi connectivity index (χ3v) is 4.20. The Morgan fingerprint density at radius 2 is 2.00 bits per heavy atom. The zero-order valence-corrected chi connectivity index (χ0v) is 11.4. The Morgan fingerprint density at radius 3 is 2.74 bits per heavy atom. The SMILES string of the molecule is Cc1cc(NC2(CN)CCCC2)c2ccccc2n1. The Balaban J connectivity index is 2.04. The van der Waals surface area contributed by atoms with Gasteiger partial charge in [0.15, 0.2) is 0 Å². The van der Waals surface area contributed by atoms with Gasteiger partial charge in [-0.05, 0) is 31.9 Å². The largest absolute Gasteiger partial charge is 0.378 e. The summed E-state index contributed by atoms with van der Waals surface area (Å²) < 4.78 is 0. The third-order valence-electron chi connectivity index (χ3n) is 4.20. The number of hydrogen-bond donors (Lipinski definition) is 2. The molecule has 19 heavy (non-hydrogen) atoms. The number of para-hydroxylation sites is 1. The van der Waals surface area contributed by atoms with E-state index >= 15 is 0 Å². The molecule has 0 atom stereocenters. The number of nitrogens with two attached hydrogens (primary N) is 1. The molecule has 100 valence electrons. The van der Waals surface area contributed by atoms with Crippen molar-refractivity contribution >= 4 is 16.6 Å². The maximum atomic E-state index is 6.02. The molecule has 1 aliphatic carbocycles. The van der Waals surface area contributed by atoms with Crippen molar-refractivity contribution in [3.05, 3.63) is 36.0 Å². The number of nitrogens with one attached hydrogen (secondary N) is 1. The predicted octanol–water partition coefficient (Wildman–Crippen LogP) is 3.23. The van der Waals surface area contributed by atoms with Gasteiger partial charge in [0.1, 0.15) is 0 Å². The first kappa shape index (κ1) is 12.4. The van der Waals surface area contributed by atoms with Crippen molar-refractivity contribution in [1.29, 1.82) is 0 Å². The summed E-state index contributed by atoms with van der Waals surface area (Å²) >= 11 is 0. The molecule has 1 saturated carbocycles. The molecule has 3 rings (SSSR count). The van der Waals surface area contributed by atoms with E-state index in [9.17, 15) is 0 Å². The molecule has 1 aromatic carbocycles. The average Bonchev–Trinajstić information content (AvgIpc) is 2.88. The van der Waals surface area contributed by atoms with Gasteiger partial charge in [-0.15, -0.1) is 0 Å². The summed E-state index contributed by atoms with van der Waals surface area (Å²) in [5.74, 6) is 0. The van der Waals surface area contributed by atoms with Crippen molar-refractivity contribution in [3.63, 3.8) is 0 Å². The van der Waals surface area contributed by atoms with Crippen molar-refractivity contribution in [1.82, 2.24) is 4.98 Å². The standard InChI is InChI=1S/C16H21N3/c1-12-10-15(13-6-2-3-7-14(13)18-12)19-16(11-17)8-4-5-9-16/h2-3,6-7,10H,4-5,8-9,11,17H2,1H3,(H,18,19). The molecule has 2 aromatic rings. The number of aryl methyl sites for hydroxylation is 1. The highest BCUT2D eigenvalue weighted by Crippen LogP contribution is 2.34. The molecule has 1 aromatic heterocycles. The number of aromatic nitrogens is 1. The van der Waals surface area contributed by atoms with Crippen LogP contribution in [0.2, 0.25) is 0 Å². The summed E-state index contributed by atoms with van der Waals surface area (Å²) in [5, 5.41) is 4.91. The number of rotatable bonds is 3. The number of nitrogens with zero attached hydrogens (tertiary/aromatic N) is 1. The van der Waals surface area contributed by atoms with Crippen LogP contribution in [0.25, 0.3) is 10.9 Å². The molecule has 3 N–H and O–H groups in total. The Bertz CT molecular complexity index is 586. The molecular formula is C16H21N3. The van der Waals surface area contributed by atoms with Crippen LogP contribution in [0, 0.1) is 6.92 Å². The van der Waals surface area contributed by atoms with Gasteiger partial charge in [-0.25, -0.2) is 0 Å². The molecule has 0 spiro atoms. The number of pyridine rings is 1. The number of hydrogen-bond acceptors (Lipinski definition) is 3. The van der Waals surface area contributed by atoms with Crippen LogP contribution in [-0.4, -0.2) is 17.1 Å². The van der Waals surface area contributed by atoms with Crippen molar-refractivity contribution in [2.24, 2.45) is 5.73 Å². The van der Waals surface area contributed by atoms with Gasteiger partial charge in [-0.1, -0.05) is 31.0 Å². The molecule has 0 aliphatic heterocycles. The van der Waals surface area contributed by atoms with Gasteiger partial charge in [0, 0.05) is 28.9 Å². The summed E-state index contributed by atoms with van der Waals surface area (Å²) in [6.07, 6.45) is 4.87. The second-order valence-corrected chi connectivity index (χ2v) is 5.64. The lowest BCUT2D eigenvalue weighted by Gasteiger charge is -2.30. The van der Waals surface area contributed by atoms with Crippen molar-refractivity contribution in [2.75, 3.05) is 11.9 Å². The summed E-state index contributed by atoms with van der Waals surface area (Å²) in [4.78, 5) is 4.59. The summed E-state index contributed by atoms with van der Waals surface area (Å²) in [7, 11) is 0. The maximum Gasteiger partial charge on any atom is 0.0725 e.